The van der Waals surface area contributed by atoms with Gasteiger partial charge in [-0.25, -0.2) is 0 Å². The molecule has 120 valence electrons. The molecule has 2 aromatic rings. The van der Waals surface area contributed by atoms with Gasteiger partial charge in [-0.05, 0) is 0 Å². The summed E-state index contributed by atoms with van der Waals surface area (Å²) < 4.78 is 2.70. The Morgan fingerprint density at radius 2 is 1.30 bits per heavy atom. The molecule has 2 rings (SSSR count). The standard InChI is InChI=1S/C21H25AsO/c1-5-21(23,20(2,3)4)16-17-22(18-12-8-6-9-13-18)19-14-10-7-11-15-19/h5-17,23H,1H2,2-4H3. The molecule has 0 fully saturated rings. The van der Waals surface area contributed by atoms with Gasteiger partial charge in [0.05, 0.1) is 0 Å². The van der Waals surface area contributed by atoms with Gasteiger partial charge in [0.25, 0.3) is 0 Å². The fraction of sp³-hybridized carbons (Fsp3) is 0.238. The molecule has 1 atom stereocenters. The van der Waals surface area contributed by atoms with Crippen LogP contribution in [0.15, 0.2) is 84.3 Å². The van der Waals surface area contributed by atoms with Crippen molar-refractivity contribution in [1.29, 1.82) is 0 Å². The molecule has 0 aromatic heterocycles. The zero-order chi connectivity index (χ0) is 16.9. The summed E-state index contributed by atoms with van der Waals surface area (Å²) in [7, 11) is 0. The molecule has 0 saturated carbocycles. The molecule has 0 aliphatic carbocycles. The Morgan fingerprint density at radius 1 is 0.870 bits per heavy atom. The van der Waals surface area contributed by atoms with E-state index < -0.39 is 20.3 Å². The molecule has 0 spiro atoms. The maximum atomic E-state index is 10.9. The monoisotopic (exact) mass is 368 g/mol. The predicted octanol–water partition coefficient (Wildman–Crippen LogP) is 3.35. The third kappa shape index (κ3) is 4.25. The number of hydrogen-bond acceptors (Lipinski definition) is 1. The molecular formula is C21H25AsO. The second-order valence-electron chi connectivity index (χ2n) is 6.64. The van der Waals surface area contributed by atoms with E-state index in [1.165, 1.54) is 8.70 Å². The second kappa shape index (κ2) is 7.34. The van der Waals surface area contributed by atoms with E-state index in [9.17, 15) is 5.11 Å². The van der Waals surface area contributed by atoms with E-state index >= 15 is 0 Å². The quantitative estimate of drug-likeness (QED) is 0.634. The fourth-order valence-corrected chi connectivity index (χ4v) is 6.52. The Bertz CT molecular complexity index is 616. The first-order valence-corrected chi connectivity index (χ1v) is 10.8. The van der Waals surface area contributed by atoms with Crippen molar-refractivity contribution in [1.82, 2.24) is 0 Å². The molecule has 2 aromatic carbocycles. The van der Waals surface area contributed by atoms with Crippen molar-refractivity contribution in [3.05, 3.63) is 84.3 Å². The van der Waals surface area contributed by atoms with Crippen LogP contribution >= 0.6 is 0 Å². The van der Waals surface area contributed by atoms with Crippen LogP contribution in [0.3, 0.4) is 0 Å². The van der Waals surface area contributed by atoms with Crippen LogP contribution in [0.2, 0.25) is 0 Å². The molecule has 0 saturated heterocycles. The molecule has 1 N–H and O–H groups in total. The average Bonchev–Trinajstić information content (AvgIpc) is 2.55. The molecule has 1 nitrogen and oxygen atoms in total. The fourth-order valence-electron chi connectivity index (χ4n) is 2.31. The van der Waals surface area contributed by atoms with Gasteiger partial charge in [-0.3, -0.25) is 0 Å². The van der Waals surface area contributed by atoms with Gasteiger partial charge in [0.15, 0.2) is 0 Å². The number of rotatable bonds is 5. The summed E-state index contributed by atoms with van der Waals surface area (Å²) in [6, 6.07) is 21.1. The average molecular weight is 368 g/mol. The predicted molar refractivity (Wildman–Crippen MR) is 102 cm³/mol. The van der Waals surface area contributed by atoms with Gasteiger partial charge in [-0.1, -0.05) is 0 Å². The van der Waals surface area contributed by atoms with Crippen molar-refractivity contribution in [2.24, 2.45) is 5.41 Å². The summed E-state index contributed by atoms with van der Waals surface area (Å²) in [5.74, 6) is 0. The first-order valence-electron chi connectivity index (χ1n) is 7.82. The molecule has 23 heavy (non-hydrogen) atoms. The number of benzene rings is 2. The Kier molecular flexibility index (Phi) is 5.68. The molecule has 0 aliphatic heterocycles. The number of aliphatic hydroxyl groups is 1. The normalized spacial score (nSPS) is 14.8. The molecular weight excluding hydrogens is 343 g/mol. The van der Waals surface area contributed by atoms with E-state index in [0.717, 1.165) is 0 Å². The first-order chi connectivity index (χ1) is 10.9. The van der Waals surface area contributed by atoms with Crippen molar-refractivity contribution in [2.75, 3.05) is 0 Å². The second-order valence-corrected chi connectivity index (χ2v) is 11.0. The van der Waals surface area contributed by atoms with Gasteiger partial charge < -0.3 is 0 Å². The molecule has 0 bridgehead atoms. The summed E-state index contributed by atoms with van der Waals surface area (Å²) in [6.07, 6.45) is 3.59. The van der Waals surface area contributed by atoms with Crippen LogP contribution in [0.1, 0.15) is 20.8 Å². The Labute approximate surface area is 144 Å². The van der Waals surface area contributed by atoms with E-state index in [-0.39, 0.29) is 5.41 Å². The van der Waals surface area contributed by atoms with Gasteiger partial charge in [-0.2, -0.15) is 0 Å². The van der Waals surface area contributed by atoms with Crippen LogP contribution in [-0.2, 0) is 0 Å². The van der Waals surface area contributed by atoms with Crippen LogP contribution in [0.5, 0.6) is 0 Å². The van der Waals surface area contributed by atoms with Crippen LogP contribution < -0.4 is 8.70 Å². The van der Waals surface area contributed by atoms with E-state index in [2.05, 4.69) is 60.0 Å². The molecule has 0 amide bonds. The Balaban J connectivity index is 2.44. The Hall–Kier alpha value is -1.56. The molecule has 0 aliphatic rings. The first kappa shape index (κ1) is 17.8. The van der Waals surface area contributed by atoms with Crippen molar-refractivity contribution < 1.29 is 5.11 Å². The minimum atomic E-state index is -1.61. The molecule has 2 heteroatoms. The van der Waals surface area contributed by atoms with Crippen molar-refractivity contribution in [3.63, 3.8) is 0 Å². The zero-order valence-corrected chi connectivity index (χ0v) is 16.0. The van der Waals surface area contributed by atoms with E-state index in [1.54, 1.807) is 6.08 Å². The van der Waals surface area contributed by atoms with Crippen LogP contribution in [0, 0.1) is 5.41 Å². The minimum absolute atomic E-state index is 0.293. The molecule has 1 unspecified atom stereocenters. The van der Waals surface area contributed by atoms with Gasteiger partial charge in [0.1, 0.15) is 0 Å². The van der Waals surface area contributed by atoms with Gasteiger partial charge in [0, 0.05) is 0 Å². The summed E-state index contributed by atoms with van der Waals surface area (Å²) in [5, 5.41) is 10.9. The summed E-state index contributed by atoms with van der Waals surface area (Å²) in [6.45, 7) is 9.93. The van der Waals surface area contributed by atoms with Crippen molar-refractivity contribution >= 4 is 23.4 Å². The third-order valence-electron chi connectivity index (χ3n) is 4.06. The van der Waals surface area contributed by atoms with Crippen molar-refractivity contribution in [3.8, 4) is 0 Å². The molecule has 0 radical (unpaired) electrons. The maximum absolute atomic E-state index is 10.9. The van der Waals surface area contributed by atoms with E-state index in [4.69, 9.17) is 0 Å². The van der Waals surface area contributed by atoms with Crippen LogP contribution in [-0.4, -0.2) is 25.4 Å². The van der Waals surface area contributed by atoms with Gasteiger partial charge in [0.2, 0.25) is 0 Å². The van der Waals surface area contributed by atoms with Crippen LogP contribution in [0.25, 0.3) is 0 Å². The summed E-state index contributed by atoms with van der Waals surface area (Å²) in [5.41, 5.74) is -1.30. The zero-order valence-electron chi connectivity index (χ0n) is 14.1. The van der Waals surface area contributed by atoms with Gasteiger partial charge >= 0.3 is 145 Å². The summed E-state index contributed by atoms with van der Waals surface area (Å²) >= 11 is -1.61. The van der Waals surface area contributed by atoms with Gasteiger partial charge in [-0.15, -0.1) is 0 Å². The van der Waals surface area contributed by atoms with E-state index in [0.29, 0.717) is 0 Å². The third-order valence-corrected chi connectivity index (χ3v) is 8.58. The van der Waals surface area contributed by atoms with E-state index in [1.807, 2.05) is 39.0 Å². The van der Waals surface area contributed by atoms with Crippen LogP contribution in [0.4, 0.5) is 0 Å². The topological polar surface area (TPSA) is 20.2 Å². The molecule has 0 heterocycles. The van der Waals surface area contributed by atoms with Crippen molar-refractivity contribution in [2.45, 2.75) is 26.4 Å². The number of hydrogen-bond donors (Lipinski definition) is 1. The summed E-state index contributed by atoms with van der Waals surface area (Å²) in [4.78, 5) is 2.23. The SMILES string of the molecule is C=CC(O)(C=C[As](c1ccccc1)c1ccccc1)C(C)(C)C. The Morgan fingerprint density at radius 3 is 1.65 bits per heavy atom.